The van der Waals surface area contributed by atoms with Crippen molar-refractivity contribution in [3.05, 3.63) is 35.4 Å². The number of halogens is 1. The van der Waals surface area contributed by atoms with Gasteiger partial charge in [-0.3, -0.25) is 0 Å². The monoisotopic (exact) mass is 435 g/mol. The summed E-state index contributed by atoms with van der Waals surface area (Å²) in [6, 6.07) is 8.18. The average molecular weight is 435 g/mol. The van der Waals surface area contributed by atoms with Gasteiger partial charge in [0.05, 0.1) is 13.2 Å². The molecule has 0 aliphatic rings. The number of hydrogen-bond acceptors (Lipinski definition) is 3. The molecule has 0 aromatic heterocycles. The normalized spacial score (nSPS) is 11.1. The van der Waals surface area contributed by atoms with E-state index >= 15 is 0 Å². The van der Waals surface area contributed by atoms with E-state index in [0.717, 1.165) is 44.8 Å². The van der Waals surface area contributed by atoms with Crippen LogP contribution in [-0.4, -0.2) is 32.3 Å². The Morgan fingerprint density at radius 3 is 2.57 bits per heavy atom. The highest BCUT2D eigenvalue weighted by molar-refractivity contribution is 14.0. The molecule has 0 saturated carbocycles. The van der Waals surface area contributed by atoms with E-state index in [-0.39, 0.29) is 24.0 Å². The first-order valence-electron chi connectivity index (χ1n) is 8.04. The maximum Gasteiger partial charge on any atom is 0.188 e. The lowest BCUT2D eigenvalue weighted by Gasteiger charge is -2.09. The second kappa shape index (κ2) is 14.7. The van der Waals surface area contributed by atoms with Crippen molar-refractivity contribution < 1.29 is 9.47 Å². The summed E-state index contributed by atoms with van der Waals surface area (Å²) in [6.07, 6.45) is 1.95. The van der Waals surface area contributed by atoms with Gasteiger partial charge in [-0.15, -0.1) is 24.0 Å². The molecule has 3 N–H and O–H groups in total. The lowest BCUT2D eigenvalue weighted by Crippen LogP contribution is -2.32. The highest BCUT2D eigenvalue weighted by atomic mass is 127. The number of hydrogen-bond donors (Lipinski definition) is 2. The maximum atomic E-state index is 5.87. The first kappa shape index (κ1) is 22.1. The lowest BCUT2D eigenvalue weighted by molar-refractivity contribution is 0.121. The minimum atomic E-state index is 0. The summed E-state index contributed by atoms with van der Waals surface area (Å²) in [5.74, 6) is 0.473. The minimum absolute atomic E-state index is 0. The second-order valence-corrected chi connectivity index (χ2v) is 5.00. The number of nitrogens with two attached hydrogens (primary N) is 1. The van der Waals surface area contributed by atoms with Crippen molar-refractivity contribution in [2.24, 2.45) is 10.7 Å². The van der Waals surface area contributed by atoms with Gasteiger partial charge in [0.15, 0.2) is 5.96 Å². The first-order valence-corrected chi connectivity index (χ1v) is 8.04. The van der Waals surface area contributed by atoms with Gasteiger partial charge in [0.2, 0.25) is 0 Å². The predicted molar refractivity (Wildman–Crippen MR) is 106 cm³/mol. The van der Waals surface area contributed by atoms with Crippen molar-refractivity contribution in [3.63, 3.8) is 0 Å². The smallest absolute Gasteiger partial charge is 0.188 e. The summed E-state index contributed by atoms with van der Waals surface area (Å²) in [6.45, 7) is 8.34. The van der Waals surface area contributed by atoms with Gasteiger partial charge in [0.25, 0.3) is 0 Å². The molecule has 132 valence electrons. The fourth-order valence-electron chi connectivity index (χ4n) is 1.94. The van der Waals surface area contributed by atoms with Crippen molar-refractivity contribution in [1.82, 2.24) is 5.32 Å². The van der Waals surface area contributed by atoms with E-state index in [2.05, 4.69) is 29.4 Å². The molecule has 0 aliphatic carbocycles. The van der Waals surface area contributed by atoms with Crippen LogP contribution >= 0.6 is 24.0 Å². The highest BCUT2D eigenvalue weighted by Gasteiger charge is 2.01. The summed E-state index contributed by atoms with van der Waals surface area (Å²) in [5.41, 5.74) is 8.20. The van der Waals surface area contributed by atoms with Gasteiger partial charge in [0, 0.05) is 26.4 Å². The van der Waals surface area contributed by atoms with E-state index < -0.39 is 0 Å². The third kappa shape index (κ3) is 10.5. The second-order valence-electron chi connectivity index (χ2n) is 5.00. The molecule has 0 spiro atoms. The van der Waals surface area contributed by atoms with Crippen LogP contribution in [-0.2, 0) is 22.6 Å². The maximum absolute atomic E-state index is 5.87. The number of rotatable bonds is 11. The average Bonchev–Trinajstić information content (AvgIpc) is 2.54. The summed E-state index contributed by atoms with van der Waals surface area (Å²) < 4.78 is 10.9. The Kier molecular flexibility index (Phi) is 14.2. The van der Waals surface area contributed by atoms with Gasteiger partial charge in [-0.25, -0.2) is 4.99 Å². The van der Waals surface area contributed by atoms with Crippen LogP contribution < -0.4 is 11.1 Å². The summed E-state index contributed by atoms with van der Waals surface area (Å²) in [4.78, 5) is 4.39. The first-order chi connectivity index (χ1) is 10.8. The molecule has 0 unspecified atom stereocenters. The molecule has 6 heteroatoms. The van der Waals surface area contributed by atoms with Crippen LogP contribution in [0.25, 0.3) is 0 Å². The molecule has 1 rings (SSSR count). The van der Waals surface area contributed by atoms with E-state index in [1.807, 2.05) is 19.1 Å². The van der Waals surface area contributed by atoms with E-state index in [1.165, 1.54) is 5.56 Å². The lowest BCUT2D eigenvalue weighted by atomic mass is 10.1. The van der Waals surface area contributed by atoms with E-state index in [0.29, 0.717) is 19.1 Å². The van der Waals surface area contributed by atoms with Gasteiger partial charge in [-0.1, -0.05) is 31.2 Å². The summed E-state index contributed by atoms with van der Waals surface area (Å²) in [7, 11) is 0. The summed E-state index contributed by atoms with van der Waals surface area (Å²) in [5, 5.41) is 3.10. The standard InChI is InChI=1S/C17H29N3O2.HI/c1-3-11-22-14-16-9-6-5-8-15(16)13-20-17(18)19-10-7-12-21-4-2;/h5-6,8-9H,3-4,7,10-14H2,1-2H3,(H3,18,19,20);1H. The zero-order valence-corrected chi connectivity index (χ0v) is 16.5. The van der Waals surface area contributed by atoms with E-state index in [9.17, 15) is 0 Å². The number of ether oxygens (including phenoxy) is 2. The van der Waals surface area contributed by atoms with Crippen molar-refractivity contribution in [2.45, 2.75) is 39.8 Å². The molecule has 0 aliphatic heterocycles. The Labute approximate surface area is 157 Å². The van der Waals surface area contributed by atoms with Gasteiger partial charge in [0.1, 0.15) is 0 Å². The topological polar surface area (TPSA) is 68.9 Å². The quantitative estimate of drug-likeness (QED) is 0.243. The molecule has 0 bridgehead atoms. The highest BCUT2D eigenvalue weighted by Crippen LogP contribution is 2.11. The van der Waals surface area contributed by atoms with E-state index in [1.54, 1.807) is 0 Å². The third-order valence-electron chi connectivity index (χ3n) is 3.12. The Morgan fingerprint density at radius 1 is 1.13 bits per heavy atom. The number of benzene rings is 1. The van der Waals surface area contributed by atoms with Gasteiger partial charge in [-0.2, -0.15) is 0 Å². The van der Waals surface area contributed by atoms with Crippen molar-refractivity contribution in [3.8, 4) is 0 Å². The van der Waals surface area contributed by atoms with Crippen molar-refractivity contribution in [1.29, 1.82) is 0 Å². The van der Waals surface area contributed by atoms with Gasteiger partial charge in [-0.05, 0) is 30.9 Å². The van der Waals surface area contributed by atoms with E-state index in [4.69, 9.17) is 15.2 Å². The molecule has 0 heterocycles. The summed E-state index contributed by atoms with van der Waals surface area (Å²) >= 11 is 0. The molecule has 23 heavy (non-hydrogen) atoms. The minimum Gasteiger partial charge on any atom is -0.382 e. The Morgan fingerprint density at radius 2 is 1.87 bits per heavy atom. The number of aliphatic imine (C=N–C) groups is 1. The zero-order valence-electron chi connectivity index (χ0n) is 14.2. The Hall–Kier alpha value is -0.860. The number of nitrogens with one attached hydrogen (secondary N) is 1. The molecule has 5 nitrogen and oxygen atoms in total. The number of guanidine groups is 1. The molecular formula is C17H30IN3O2. The molecule has 0 radical (unpaired) electrons. The number of nitrogens with zero attached hydrogens (tertiary/aromatic N) is 1. The molecule has 0 atom stereocenters. The largest absolute Gasteiger partial charge is 0.382 e. The van der Waals surface area contributed by atoms with Gasteiger partial charge < -0.3 is 20.5 Å². The predicted octanol–water partition coefficient (Wildman–Crippen LogP) is 3.06. The fourth-order valence-corrected chi connectivity index (χ4v) is 1.94. The van der Waals surface area contributed by atoms with Crippen LogP contribution in [0.1, 0.15) is 37.8 Å². The molecule has 1 aromatic carbocycles. The molecule has 0 saturated heterocycles. The zero-order chi connectivity index (χ0) is 16.0. The van der Waals surface area contributed by atoms with Crippen LogP contribution in [0, 0.1) is 0 Å². The van der Waals surface area contributed by atoms with Crippen LogP contribution in [0.2, 0.25) is 0 Å². The van der Waals surface area contributed by atoms with Crippen LogP contribution in [0.4, 0.5) is 0 Å². The van der Waals surface area contributed by atoms with Crippen molar-refractivity contribution in [2.75, 3.05) is 26.4 Å². The fraction of sp³-hybridized carbons (Fsp3) is 0.588. The Bertz CT molecular complexity index is 442. The van der Waals surface area contributed by atoms with Crippen molar-refractivity contribution >= 4 is 29.9 Å². The SMILES string of the molecule is CCCOCc1ccccc1CN=C(N)NCCCOCC.I. The molecule has 0 fully saturated rings. The Balaban J connectivity index is 0.00000484. The molecule has 1 aromatic rings. The van der Waals surface area contributed by atoms with Crippen LogP contribution in [0.15, 0.2) is 29.3 Å². The molecule has 0 amide bonds. The molecular weight excluding hydrogens is 405 g/mol. The van der Waals surface area contributed by atoms with Gasteiger partial charge >= 0.3 is 0 Å². The van der Waals surface area contributed by atoms with Crippen LogP contribution in [0.5, 0.6) is 0 Å². The third-order valence-corrected chi connectivity index (χ3v) is 3.12. The van der Waals surface area contributed by atoms with Crippen LogP contribution in [0.3, 0.4) is 0 Å².